The summed E-state index contributed by atoms with van der Waals surface area (Å²) >= 11 is 6.81. The molecule has 0 saturated heterocycles. The summed E-state index contributed by atoms with van der Waals surface area (Å²) in [5.74, 6) is 0.759. The van der Waals surface area contributed by atoms with Crippen molar-refractivity contribution in [3.8, 4) is 5.75 Å². The molecule has 0 aliphatic carbocycles. The molecule has 0 aliphatic rings. The maximum Gasteiger partial charge on any atom is 0.147 e. The first-order valence-electron chi connectivity index (χ1n) is 5.10. The summed E-state index contributed by atoms with van der Waals surface area (Å²) in [6.45, 7) is 3.97. The van der Waals surface area contributed by atoms with Gasteiger partial charge in [-0.15, -0.1) is 0 Å². The smallest absolute Gasteiger partial charge is 0.147 e. The van der Waals surface area contributed by atoms with Crippen molar-refractivity contribution in [2.75, 3.05) is 25.6 Å². The van der Waals surface area contributed by atoms with Crippen LogP contribution in [0.15, 0.2) is 21.1 Å². The van der Waals surface area contributed by atoms with Gasteiger partial charge in [-0.3, -0.25) is 0 Å². The van der Waals surface area contributed by atoms with Crippen molar-refractivity contribution >= 4 is 37.5 Å². The molecule has 5 heteroatoms. The Kier molecular flexibility index (Phi) is 6.16. The van der Waals surface area contributed by atoms with Gasteiger partial charge in [0, 0.05) is 12.3 Å². The predicted molar refractivity (Wildman–Crippen MR) is 72.9 cm³/mol. The molecule has 2 N–H and O–H groups in total. The molecule has 3 nitrogen and oxygen atoms in total. The van der Waals surface area contributed by atoms with Crippen molar-refractivity contribution in [1.29, 1.82) is 0 Å². The van der Waals surface area contributed by atoms with Gasteiger partial charge in [0.15, 0.2) is 0 Å². The van der Waals surface area contributed by atoms with Gasteiger partial charge in [-0.05, 0) is 50.4 Å². The summed E-state index contributed by atoms with van der Waals surface area (Å²) in [5, 5.41) is 0. The van der Waals surface area contributed by atoms with Crippen molar-refractivity contribution in [2.24, 2.45) is 0 Å². The molecule has 0 fully saturated rings. The van der Waals surface area contributed by atoms with Gasteiger partial charge in [0.25, 0.3) is 0 Å². The molecular weight excluding hydrogens is 338 g/mol. The first kappa shape index (κ1) is 13.8. The number of halogens is 2. The quantitative estimate of drug-likeness (QED) is 0.628. The highest BCUT2D eigenvalue weighted by molar-refractivity contribution is 9.11. The van der Waals surface area contributed by atoms with Crippen LogP contribution in [-0.4, -0.2) is 19.8 Å². The molecule has 1 rings (SSSR count). The lowest BCUT2D eigenvalue weighted by Crippen LogP contribution is -2.07. The van der Waals surface area contributed by atoms with Gasteiger partial charge in [0.1, 0.15) is 12.4 Å². The Labute approximate surface area is 113 Å². The Balaban J connectivity index is 2.47. The Bertz CT molecular complexity index is 322. The minimum absolute atomic E-state index is 0.529. The third kappa shape index (κ3) is 4.31. The van der Waals surface area contributed by atoms with E-state index in [1.165, 1.54) is 0 Å². The molecule has 0 saturated carbocycles. The summed E-state index contributed by atoms with van der Waals surface area (Å²) in [6.07, 6.45) is 1.02. The number of ether oxygens (including phenoxy) is 2. The van der Waals surface area contributed by atoms with Crippen LogP contribution in [0.4, 0.5) is 5.69 Å². The Morgan fingerprint density at radius 1 is 1.12 bits per heavy atom. The molecule has 0 aromatic heterocycles. The Morgan fingerprint density at radius 2 is 1.75 bits per heavy atom. The number of rotatable bonds is 6. The van der Waals surface area contributed by atoms with Crippen molar-refractivity contribution in [3.05, 3.63) is 21.1 Å². The zero-order valence-electron chi connectivity index (χ0n) is 9.13. The molecule has 0 radical (unpaired) electrons. The van der Waals surface area contributed by atoms with E-state index < -0.39 is 0 Å². The van der Waals surface area contributed by atoms with Crippen LogP contribution >= 0.6 is 31.9 Å². The molecule has 0 spiro atoms. The van der Waals surface area contributed by atoms with Crippen LogP contribution in [0, 0.1) is 0 Å². The first-order valence-corrected chi connectivity index (χ1v) is 6.68. The van der Waals surface area contributed by atoms with Crippen molar-refractivity contribution in [1.82, 2.24) is 0 Å². The Morgan fingerprint density at radius 3 is 2.31 bits per heavy atom. The topological polar surface area (TPSA) is 44.5 Å². The monoisotopic (exact) mass is 351 g/mol. The molecule has 0 aliphatic heterocycles. The zero-order valence-corrected chi connectivity index (χ0v) is 12.3. The zero-order chi connectivity index (χ0) is 12.0. The fraction of sp³-hybridized carbons (Fsp3) is 0.455. The van der Waals surface area contributed by atoms with Crippen molar-refractivity contribution < 1.29 is 9.47 Å². The van der Waals surface area contributed by atoms with Crippen LogP contribution < -0.4 is 10.5 Å². The van der Waals surface area contributed by atoms with Gasteiger partial charge in [-0.25, -0.2) is 0 Å². The van der Waals surface area contributed by atoms with Crippen LogP contribution in [-0.2, 0) is 4.74 Å². The van der Waals surface area contributed by atoms with E-state index in [1.54, 1.807) is 0 Å². The largest absolute Gasteiger partial charge is 0.489 e. The van der Waals surface area contributed by atoms with Crippen LogP contribution in [0.2, 0.25) is 0 Å². The second-order valence-corrected chi connectivity index (χ2v) is 4.98. The van der Waals surface area contributed by atoms with E-state index in [-0.39, 0.29) is 0 Å². The number of nitrogen functional groups attached to an aromatic ring is 1. The third-order valence-electron chi connectivity index (χ3n) is 1.84. The lowest BCUT2D eigenvalue weighted by molar-refractivity contribution is 0.100. The minimum atomic E-state index is 0.529. The van der Waals surface area contributed by atoms with Crippen molar-refractivity contribution in [2.45, 2.75) is 13.3 Å². The fourth-order valence-corrected chi connectivity index (χ4v) is 2.62. The highest BCUT2D eigenvalue weighted by Gasteiger charge is 2.07. The van der Waals surface area contributed by atoms with Crippen molar-refractivity contribution in [3.63, 3.8) is 0 Å². The van der Waals surface area contributed by atoms with E-state index in [1.807, 2.05) is 12.1 Å². The molecule has 1 aromatic rings. The highest BCUT2D eigenvalue weighted by atomic mass is 79.9. The number of nitrogens with two attached hydrogens (primary N) is 1. The normalized spacial score (nSPS) is 10.4. The molecule has 0 atom stereocenters. The standard InChI is InChI=1S/C11H15Br2NO2/c1-2-3-15-4-5-16-11-9(12)6-8(14)7-10(11)13/h6-7H,2-5,14H2,1H3. The summed E-state index contributed by atoms with van der Waals surface area (Å²) in [5.41, 5.74) is 6.37. The fourth-order valence-electron chi connectivity index (χ4n) is 1.17. The van der Waals surface area contributed by atoms with Gasteiger partial charge in [0.05, 0.1) is 15.6 Å². The van der Waals surface area contributed by atoms with Crippen LogP contribution in [0.25, 0.3) is 0 Å². The van der Waals surface area contributed by atoms with Gasteiger partial charge >= 0.3 is 0 Å². The lowest BCUT2D eigenvalue weighted by Gasteiger charge is -2.11. The SMILES string of the molecule is CCCOCCOc1c(Br)cc(N)cc1Br. The van der Waals surface area contributed by atoms with E-state index in [0.717, 1.165) is 27.7 Å². The molecule has 16 heavy (non-hydrogen) atoms. The molecule has 0 amide bonds. The summed E-state index contributed by atoms with van der Waals surface area (Å²) in [4.78, 5) is 0. The molecule has 1 aromatic carbocycles. The first-order chi connectivity index (χ1) is 7.65. The third-order valence-corrected chi connectivity index (χ3v) is 3.02. The highest BCUT2D eigenvalue weighted by Crippen LogP contribution is 2.35. The van der Waals surface area contributed by atoms with E-state index >= 15 is 0 Å². The Hall–Kier alpha value is -0.260. The lowest BCUT2D eigenvalue weighted by atomic mass is 10.3. The number of benzene rings is 1. The van der Waals surface area contributed by atoms with Crippen LogP contribution in [0.3, 0.4) is 0 Å². The number of hydrogen-bond acceptors (Lipinski definition) is 3. The van der Waals surface area contributed by atoms with Gasteiger partial charge in [-0.1, -0.05) is 6.92 Å². The van der Waals surface area contributed by atoms with E-state index in [4.69, 9.17) is 15.2 Å². The minimum Gasteiger partial charge on any atom is -0.489 e. The second-order valence-electron chi connectivity index (χ2n) is 3.27. The average molecular weight is 353 g/mol. The number of hydrogen-bond donors (Lipinski definition) is 1. The van der Waals surface area contributed by atoms with E-state index in [0.29, 0.717) is 18.9 Å². The maximum absolute atomic E-state index is 5.68. The van der Waals surface area contributed by atoms with Crippen LogP contribution in [0.5, 0.6) is 5.75 Å². The van der Waals surface area contributed by atoms with Gasteiger partial charge in [-0.2, -0.15) is 0 Å². The van der Waals surface area contributed by atoms with E-state index in [2.05, 4.69) is 38.8 Å². The molecule has 0 unspecified atom stereocenters. The predicted octanol–water partition coefficient (Wildman–Crippen LogP) is 3.60. The maximum atomic E-state index is 5.68. The molecular formula is C11H15Br2NO2. The summed E-state index contributed by atoms with van der Waals surface area (Å²) < 4.78 is 12.6. The molecule has 0 heterocycles. The van der Waals surface area contributed by atoms with E-state index in [9.17, 15) is 0 Å². The van der Waals surface area contributed by atoms with Gasteiger partial charge < -0.3 is 15.2 Å². The van der Waals surface area contributed by atoms with Gasteiger partial charge in [0.2, 0.25) is 0 Å². The summed E-state index contributed by atoms with van der Waals surface area (Å²) in [6, 6.07) is 3.62. The van der Waals surface area contributed by atoms with Crippen LogP contribution in [0.1, 0.15) is 13.3 Å². The number of anilines is 1. The average Bonchev–Trinajstić information content (AvgIpc) is 2.20. The molecule has 90 valence electrons. The molecule has 0 bridgehead atoms. The summed E-state index contributed by atoms with van der Waals surface area (Å²) in [7, 11) is 0. The second kappa shape index (κ2) is 7.14.